The van der Waals surface area contributed by atoms with Gasteiger partial charge in [0.05, 0.1) is 11.5 Å². The van der Waals surface area contributed by atoms with Crippen molar-refractivity contribution < 1.29 is 5.11 Å². The van der Waals surface area contributed by atoms with Crippen LogP contribution in [0.4, 0.5) is 0 Å². The van der Waals surface area contributed by atoms with Crippen molar-refractivity contribution in [3.63, 3.8) is 0 Å². The van der Waals surface area contributed by atoms with Crippen LogP contribution in [0.1, 0.15) is 29.2 Å². The number of aliphatic hydroxyl groups is 1. The molecule has 6 heteroatoms. The smallest absolute Gasteiger partial charge is 0.141 e. The minimum absolute atomic E-state index is 0.187. The number of fused-ring (bicyclic) bond motifs is 3. The van der Waals surface area contributed by atoms with E-state index < -0.39 is 6.10 Å². The number of hydrogen-bond donors (Lipinski definition) is 1. The molecule has 1 N–H and O–H groups in total. The molecule has 18 heavy (non-hydrogen) atoms. The van der Waals surface area contributed by atoms with Crippen molar-refractivity contribution in [3.8, 4) is 6.07 Å². The maximum absolute atomic E-state index is 9.50. The van der Waals surface area contributed by atoms with Gasteiger partial charge in [-0.1, -0.05) is 11.6 Å². The molecule has 0 amide bonds. The summed E-state index contributed by atoms with van der Waals surface area (Å²) in [4.78, 5) is 10.4. The van der Waals surface area contributed by atoms with Crippen molar-refractivity contribution in [3.05, 3.63) is 21.9 Å². The van der Waals surface area contributed by atoms with E-state index in [1.165, 1.54) is 11.2 Å². The Morgan fingerprint density at radius 3 is 3.22 bits per heavy atom. The number of nitrogens with zero attached hydrogens (tertiary/aromatic N) is 3. The standard InChI is InChI=1S/C12H10ClN3OS/c13-11-10-9-6(3-7(17)4-14)1-2-8(9)18-12(10)16-5-15-11/h5-7,17H,1-3H2. The van der Waals surface area contributed by atoms with Gasteiger partial charge in [0.2, 0.25) is 0 Å². The molecule has 92 valence electrons. The molecule has 0 bridgehead atoms. The number of aromatic nitrogens is 2. The third kappa shape index (κ3) is 1.77. The van der Waals surface area contributed by atoms with E-state index in [0.717, 1.165) is 28.6 Å². The lowest BCUT2D eigenvalue weighted by Gasteiger charge is -2.11. The van der Waals surface area contributed by atoms with E-state index in [-0.39, 0.29) is 5.92 Å². The lowest BCUT2D eigenvalue weighted by molar-refractivity contribution is 0.208. The Morgan fingerprint density at radius 2 is 2.44 bits per heavy atom. The van der Waals surface area contributed by atoms with Crippen molar-refractivity contribution in [2.75, 3.05) is 0 Å². The summed E-state index contributed by atoms with van der Waals surface area (Å²) in [5.74, 6) is 0.187. The average molecular weight is 280 g/mol. The van der Waals surface area contributed by atoms with Crippen LogP contribution in [0, 0.1) is 11.3 Å². The predicted octanol–water partition coefficient (Wildman–Crippen LogP) is 2.65. The summed E-state index contributed by atoms with van der Waals surface area (Å²) in [6.07, 6.45) is 2.94. The second kappa shape index (κ2) is 4.47. The monoisotopic (exact) mass is 279 g/mol. The van der Waals surface area contributed by atoms with E-state index in [1.807, 2.05) is 6.07 Å². The highest BCUT2D eigenvalue weighted by Gasteiger charge is 2.30. The van der Waals surface area contributed by atoms with Crippen molar-refractivity contribution >= 4 is 33.2 Å². The van der Waals surface area contributed by atoms with Crippen LogP contribution in [0.2, 0.25) is 5.15 Å². The number of rotatable bonds is 2. The molecule has 0 saturated carbocycles. The molecular formula is C12H10ClN3OS. The van der Waals surface area contributed by atoms with E-state index in [9.17, 15) is 5.11 Å². The molecule has 0 fully saturated rings. The Balaban J connectivity index is 2.09. The lowest BCUT2D eigenvalue weighted by atomic mass is 9.95. The fourth-order valence-corrected chi connectivity index (χ4v) is 4.12. The molecule has 0 aliphatic heterocycles. The van der Waals surface area contributed by atoms with Gasteiger partial charge in [-0.2, -0.15) is 5.26 Å². The fraction of sp³-hybridized carbons (Fsp3) is 0.417. The molecule has 1 aliphatic rings. The van der Waals surface area contributed by atoms with Crippen LogP contribution < -0.4 is 0 Å². The largest absolute Gasteiger partial charge is 0.378 e. The number of aliphatic hydroxyl groups excluding tert-OH is 1. The topological polar surface area (TPSA) is 69.8 Å². The van der Waals surface area contributed by atoms with Gasteiger partial charge in [0.25, 0.3) is 0 Å². The van der Waals surface area contributed by atoms with Gasteiger partial charge in [-0.05, 0) is 30.7 Å². The van der Waals surface area contributed by atoms with E-state index in [0.29, 0.717) is 11.6 Å². The lowest BCUT2D eigenvalue weighted by Crippen LogP contribution is -2.08. The molecular weight excluding hydrogens is 270 g/mol. The van der Waals surface area contributed by atoms with E-state index >= 15 is 0 Å². The van der Waals surface area contributed by atoms with Gasteiger partial charge >= 0.3 is 0 Å². The van der Waals surface area contributed by atoms with Crippen molar-refractivity contribution in [2.45, 2.75) is 31.3 Å². The zero-order valence-electron chi connectivity index (χ0n) is 9.43. The second-order valence-electron chi connectivity index (χ2n) is 4.40. The minimum Gasteiger partial charge on any atom is -0.378 e. The maximum atomic E-state index is 9.50. The molecule has 2 atom stereocenters. The van der Waals surface area contributed by atoms with Gasteiger partial charge in [0, 0.05) is 4.88 Å². The van der Waals surface area contributed by atoms with E-state index in [4.69, 9.17) is 16.9 Å². The molecule has 3 rings (SSSR count). The van der Waals surface area contributed by atoms with Crippen LogP contribution in [0.5, 0.6) is 0 Å². The molecule has 2 unspecified atom stereocenters. The molecule has 0 aromatic carbocycles. The summed E-state index contributed by atoms with van der Waals surface area (Å²) in [7, 11) is 0. The number of thiophene rings is 1. The third-order valence-corrected chi connectivity index (χ3v) is 4.80. The first-order chi connectivity index (χ1) is 8.70. The maximum Gasteiger partial charge on any atom is 0.141 e. The number of hydrogen-bond acceptors (Lipinski definition) is 5. The molecule has 0 radical (unpaired) electrons. The summed E-state index contributed by atoms with van der Waals surface area (Å²) in [6, 6.07) is 1.87. The van der Waals surface area contributed by atoms with E-state index in [2.05, 4.69) is 9.97 Å². The Morgan fingerprint density at radius 1 is 1.61 bits per heavy atom. The van der Waals surface area contributed by atoms with Crippen LogP contribution in [0.15, 0.2) is 6.33 Å². The minimum atomic E-state index is -0.917. The van der Waals surface area contributed by atoms with Crippen LogP contribution in [-0.4, -0.2) is 21.2 Å². The summed E-state index contributed by atoms with van der Waals surface area (Å²) in [6.45, 7) is 0. The Kier molecular flexibility index (Phi) is 2.94. The summed E-state index contributed by atoms with van der Waals surface area (Å²) < 4.78 is 0. The molecule has 4 nitrogen and oxygen atoms in total. The van der Waals surface area contributed by atoms with Crippen LogP contribution >= 0.6 is 22.9 Å². The highest BCUT2D eigenvalue weighted by Crippen LogP contribution is 2.46. The first-order valence-electron chi connectivity index (χ1n) is 5.70. The van der Waals surface area contributed by atoms with Crippen molar-refractivity contribution in [1.29, 1.82) is 5.26 Å². The van der Waals surface area contributed by atoms with Gasteiger partial charge in [-0.15, -0.1) is 11.3 Å². The highest BCUT2D eigenvalue weighted by atomic mass is 35.5. The molecule has 2 aromatic rings. The zero-order valence-corrected chi connectivity index (χ0v) is 11.0. The van der Waals surface area contributed by atoms with Gasteiger partial charge < -0.3 is 5.11 Å². The van der Waals surface area contributed by atoms with Gasteiger partial charge in [-0.3, -0.25) is 0 Å². The predicted molar refractivity (Wildman–Crippen MR) is 69.7 cm³/mol. The Labute approximate surface area is 113 Å². The van der Waals surface area contributed by atoms with Crippen LogP contribution in [-0.2, 0) is 6.42 Å². The number of aryl methyl sites for hydroxylation is 1. The van der Waals surface area contributed by atoms with Gasteiger partial charge in [0.15, 0.2) is 0 Å². The molecule has 0 saturated heterocycles. The van der Waals surface area contributed by atoms with E-state index in [1.54, 1.807) is 11.3 Å². The van der Waals surface area contributed by atoms with Gasteiger partial charge in [0.1, 0.15) is 22.4 Å². The Hall–Kier alpha value is -1.22. The molecule has 2 heterocycles. The summed E-state index contributed by atoms with van der Waals surface area (Å²) >= 11 is 7.78. The second-order valence-corrected chi connectivity index (χ2v) is 5.84. The summed E-state index contributed by atoms with van der Waals surface area (Å²) in [5, 5.41) is 19.6. The fourth-order valence-electron chi connectivity index (χ4n) is 2.59. The quantitative estimate of drug-likeness (QED) is 0.678. The first kappa shape index (κ1) is 11.8. The molecule has 1 aliphatic carbocycles. The third-order valence-electron chi connectivity index (χ3n) is 3.34. The number of nitriles is 1. The zero-order chi connectivity index (χ0) is 12.7. The van der Waals surface area contributed by atoms with Crippen molar-refractivity contribution in [1.82, 2.24) is 9.97 Å². The van der Waals surface area contributed by atoms with Gasteiger partial charge in [-0.25, -0.2) is 9.97 Å². The average Bonchev–Trinajstić information content (AvgIpc) is 2.89. The summed E-state index contributed by atoms with van der Waals surface area (Å²) in [5.41, 5.74) is 1.15. The van der Waals surface area contributed by atoms with Crippen LogP contribution in [0.3, 0.4) is 0 Å². The molecule has 0 spiro atoms. The van der Waals surface area contributed by atoms with Crippen molar-refractivity contribution in [2.24, 2.45) is 0 Å². The van der Waals surface area contributed by atoms with Crippen LogP contribution in [0.25, 0.3) is 10.2 Å². The normalized spacial score (nSPS) is 19.7. The number of halogens is 1. The SMILES string of the molecule is N#CC(O)CC1CCc2sc3ncnc(Cl)c3c21. The highest BCUT2D eigenvalue weighted by molar-refractivity contribution is 7.19. The molecule has 2 aromatic heterocycles. The Bertz CT molecular complexity index is 649. The first-order valence-corrected chi connectivity index (χ1v) is 6.89.